The molecule has 0 aliphatic carbocycles. The van der Waals surface area contributed by atoms with E-state index < -0.39 is 5.97 Å². The Morgan fingerprint density at radius 3 is 2.27 bits per heavy atom. The molecule has 0 unspecified atom stereocenters. The van der Waals surface area contributed by atoms with Crippen LogP contribution in [0.1, 0.15) is 51.0 Å². The van der Waals surface area contributed by atoms with Crippen molar-refractivity contribution in [2.75, 3.05) is 13.2 Å². The molecule has 1 N–H and O–H groups in total. The number of carboxylic acids is 1. The first-order chi connectivity index (χ1) is 14.5. The van der Waals surface area contributed by atoms with Crippen molar-refractivity contribution in [3.8, 4) is 5.75 Å². The fraction of sp³-hybridized carbons (Fsp3) is 0.360. The van der Waals surface area contributed by atoms with Crippen LogP contribution in [0.5, 0.6) is 5.75 Å². The minimum Gasteiger partial charge on any atom is -0.494 e. The quantitative estimate of drug-likeness (QED) is 0.258. The first-order valence-corrected chi connectivity index (χ1v) is 10.4. The minimum absolute atomic E-state index is 0.309. The van der Waals surface area contributed by atoms with Crippen molar-refractivity contribution in [2.24, 2.45) is 0 Å². The maximum Gasteiger partial charge on any atom is 0.333 e. The highest BCUT2D eigenvalue weighted by Gasteiger charge is 2.02. The molecule has 2 aromatic carbocycles. The van der Waals surface area contributed by atoms with Gasteiger partial charge in [-0.25, -0.2) is 9.59 Å². The monoisotopic (exact) mass is 410 g/mol. The van der Waals surface area contributed by atoms with E-state index in [2.05, 4.69) is 6.58 Å². The molecule has 0 radical (unpaired) electrons. The largest absolute Gasteiger partial charge is 0.494 e. The van der Waals surface area contributed by atoms with Gasteiger partial charge < -0.3 is 14.6 Å². The van der Waals surface area contributed by atoms with Crippen molar-refractivity contribution in [1.29, 1.82) is 0 Å². The second kappa shape index (κ2) is 12.5. The van der Waals surface area contributed by atoms with E-state index in [9.17, 15) is 9.59 Å². The molecule has 0 atom stereocenters. The number of carbonyl (C=O) groups is 2. The lowest BCUT2D eigenvalue weighted by atomic mass is 10.1. The number of benzene rings is 2. The lowest BCUT2D eigenvalue weighted by Gasteiger charge is -2.08. The Balaban J connectivity index is 1.62. The zero-order valence-electron chi connectivity index (χ0n) is 17.6. The molecule has 5 heteroatoms. The summed E-state index contributed by atoms with van der Waals surface area (Å²) >= 11 is 0. The summed E-state index contributed by atoms with van der Waals surface area (Å²) < 4.78 is 10.9. The Morgan fingerprint density at radius 1 is 0.933 bits per heavy atom. The maximum atomic E-state index is 11.2. The normalized spacial score (nSPS) is 11.0. The first-order valence-electron chi connectivity index (χ1n) is 10.4. The van der Waals surface area contributed by atoms with Crippen molar-refractivity contribution in [1.82, 2.24) is 0 Å². The van der Waals surface area contributed by atoms with E-state index in [-0.39, 0.29) is 5.97 Å². The molecule has 0 saturated heterocycles. The summed E-state index contributed by atoms with van der Waals surface area (Å²) in [6.07, 6.45) is 9.04. The Bertz CT molecular complexity index is 898. The molecule has 160 valence electrons. The Kier molecular flexibility index (Phi) is 9.65. The summed E-state index contributed by atoms with van der Waals surface area (Å²) in [5, 5.41) is 10.8. The van der Waals surface area contributed by atoms with Crippen molar-refractivity contribution >= 4 is 28.8 Å². The van der Waals surface area contributed by atoms with Crippen LogP contribution in [0.15, 0.2) is 54.6 Å². The zero-order chi connectivity index (χ0) is 21.8. The predicted molar refractivity (Wildman–Crippen MR) is 120 cm³/mol. The third kappa shape index (κ3) is 8.52. The van der Waals surface area contributed by atoms with Gasteiger partial charge in [0, 0.05) is 11.6 Å². The van der Waals surface area contributed by atoms with E-state index in [0.29, 0.717) is 18.8 Å². The number of ether oxygens (including phenoxy) is 2. The van der Waals surface area contributed by atoms with E-state index in [1.165, 1.54) is 0 Å². The van der Waals surface area contributed by atoms with Crippen molar-refractivity contribution in [3.63, 3.8) is 0 Å². The summed E-state index contributed by atoms with van der Waals surface area (Å²) in [6.45, 7) is 6.36. The van der Waals surface area contributed by atoms with Gasteiger partial charge in [0.05, 0.1) is 13.2 Å². The zero-order valence-corrected chi connectivity index (χ0v) is 17.6. The summed E-state index contributed by atoms with van der Waals surface area (Å²) in [4.78, 5) is 21.9. The molecule has 0 amide bonds. The Labute approximate surface area is 178 Å². The second-order valence-electron chi connectivity index (χ2n) is 7.33. The van der Waals surface area contributed by atoms with Crippen LogP contribution in [0.2, 0.25) is 0 Å². The first kappa shape index (κ1) is 23.2. The van der Waals surface area contributed by atoms with Crippen LogP contribution in [-0.4, -0.2) is 30.3 Å². The van der Waals surface area contributed by atoms with E-state index in [1.54, 1.807) is 13.0 Å². The highest BCUT2D eigenvalue weighted by molar-refractivity contribution is 5.89. The van der Waals surface area contributed by atoms with Gasteiger partial charge in [-0.05, 0) is 60.4 Å². The molecule has 0 spiro atoms. The van der Waals surface area contributed by atoms with Gasteiger partial charge in [0.25, 0.3) is 0 Å². The lowest BCUT2D eigenvalue weighted by molar-refractivity contribution is -0.139. The number of hydrogen-bond donors (Lipinski definition) is 1. The average Bonchev–Trinajstić information content (AvgIpc) is 2.73. The Hall–Kier alpha value is -3.08. The second-order valence-corrected chi connectivity index (χ2v) is 7.33. The van der Waals surface area contributed by atoms with Crippen LogP contribution >= 0.6 is 0 Å². The molecule has 0 saturated carbocycles. The molecule has 0 aromatic heterocycles. The SMILES string of the molecule is C=C(C)C(=O)OCCCCCCCCOc1ccc2cc(/C=C/C(=O)O)ccc2c1. The minimum atomic E-state index is -0.956. The average molecular weight is 411 g/mol. The van der Waals surface area contributed by atoms with Crippen molar-refractivity contribution in [2.45, 2.75) is 45.4 Å². The van der Waals surface area contributed by atoms with Gasteiger partial charge in [-0.3, -0.25) is 0 Å². The lowest BCUT2D eigenvalue weighted by Crippen LogP contribution is -2.06. The van der Waals surface area contributed by atoms with Crippen molar-refractivity contribution in [3.05, 3.63) is 60.2 Å². The number of carbonyl (C=O) groups excluding carboxylic acids is 1. The molecule has 5 nitrogen and oxygen atoms in total. The van der Waals surface area contributed by atoms with Gasteiger partial charge in [0.15, 0.2) is 0 Å². The fourth-order valence-electron chi connectivity index (χ4n) is 2.99. The van der Waals surface area contributed by atoms with Gasteiger partial charge in [-0.2, -0.15) is 0 Å². The van der Waals surface area contributed by atoms with Crippen LogP contribution in [0.25, 0.3) is 16.8 Å². The molecule has 2 aromatic rings. The van der Waals surface area contributed by atoms with E-state index in [4.69, 9.17) is 14.6 Å². The molecule has 0 bridgehead atoms. The smallest absolute Gasteiger partial charge is 0.333 e. The number of hydrogen-bond acceptors (Lipinski definition) is 4. The molecular formula is C25H30O5. The highest BCUT2D eigenvalue weighted by Crippen LogP contribution is 2.23. The number of esters is 1. The molecule has 0 aliphatic heterocycles. The number of rotatable bonds is 13. The molecule has 0 heterocycles. The predicted octanol–water partition coefficient (Wildman–Crippen LogP) is 5.78. The van der Waals surface area contributed by atoms with Gasteiger partial charge >= 0.3 is 11.9 Å². The van der Waals surface area contributed by atoms with Crippen LogP contribution in [0.4, 0.5) is 0 Å². The van der Waals surface area contributed by atoms with Gasteiger partial charge in [0.1, 0.15) is 5.75 Å². The molecule has 0 fully saturated rings. The van der Waals surface area contributed by atoms with E-state index in [0.717, 1.165) is 66.7 Å². The topological polar surface area (TPSA) is 72.8 Å². The molecular weight excluding hydrogens is 380 g/mol. The molecule has 30 heavy (non-hydrogen) atoms. The van der Waals surface area contributed by atoms with Crippen LogP contribution in [0.3, 0.4) is 0 Å². The summed E-state index contributed by atoms with van der Waals surface area (Å²) in [5.41, 5.74) is 1.30. The third-order valence-electron chi connectivity index (χ3n) is 4.64. The van der Waals surface area contributed by atoms with Crippen molar-refractivity contribution < 1.29 is 24.2 Å². The summed E-state index contributed by atoms with van der Waals surface area (Å²) in [6, 6.07) is 11.8. The van der Waals surface area contributed by atoms with Gasteiger partial charge in [0.2, 0.25) is 0 Å². The molecule has 2 rings (SSSR count). The standard InChI is InChI=1S/C25H30O5/c1-19(2)25(28)30-16-8-6-4-3-5-7-15-29-23-13-12-21-17-20(10-14-24(26)27)9-11-22(21)18-23/h9-14,17-18H,1,3-8,15-16H2,2H3,(H,26,27)/b14-10+. The van der Waals surface area contributed by atoms with Crippen LogP contribution in [-0.2, 0) is 14.3 Å². The fourth-order valence-corrected chi connectivity index (χ4v) is 2.99. The van der Waals surface area contributed by atoms with Crippen LogP contribution < -0.4 is 4.74 Å². The van der Waals surface area contributed by atoms with Gasteiger partial charge in [-0.1, -0.05) is 50.5 Å². The number of aliphatic carboxylic acids is 1. The maximum absolute atomic E-state index is 11.2. The third-order valence-corrected chi connectivity index (χ3v) is 4.64. The van der Waals surface area contributed by atoms with E-state index in [1.807, 2.05) is 36.4 Å². The van der Waals surface area contributed by atoms with Gasteiger partial charge in [-0.15, -0.1) is 0 Å². The summed E-state index contributed by atoms with van der Waals surface area (Å²) in [5.74, 6) is -0.421. The number of fused-ring (bicyclic) bond motifs is 1. The number of unbranched alkanes of at least 4 members (excludes halogenated alkanes) is 5. The summed E-state index contributed by atoms with van der Waals surface area (Å²) in [7, 11) is 0. The Morgan fingerprint density at radius 2 is 1.57 bits per heavy atom. The molecule has 0 aliphatic rings. The highest BCUT2D eigenvalue weighted by atomic mass is 16.5. The van der Waals surface area contributed by atoms with E-state index >= 15 is 0 Å². The van der Waals surface area contributed by atoms with Crippen LogP contribution in [0, 0.1) is 0 Å². The number of carboxylic acid groups (broad SMARTS) is 1.